The van der Waals surface area contributed by atoms with E-state index in [1.54, 1.807) is 0 Å². The summed E-state index contributed by atoms with van der Waals surface area (Å²) >= 11 is 0. The van der Waals surface area contributed by atoms with E-state index < -0.39 is 6.09 Å². The van der Waals surface area contributed by atoms with Crippen LogP contribution in [-0.2, 0) is 16.0 Å². The Kier molecular flexibility index (Phi) is 4.02. The monoisotopic (exact) mass is 261 g/mol. The fraction of sp³-hybridized carbons (Fsp3) is 0.231. The number of H-pyrrole nitrogens is 1. The van der Waals surface area contributed by atoms with Gasteiger partial charge in [-0.15, -0.1) is 0 Å². The number of amides is 2. The summed E-state index contributed by atoms with van der Waals surface area (Å²) in [5, 5.41) is 3.69. The van der Waals surface area contributed by atoms with Gasteiger partial charge < -0.3 is 20.8 Å². The van der Waals surface area contributed by atoms with Gasteiger partial charge in [-0.2, -0.15) is 0 Å². The molecule has 0 radical (unpaired) electrons. The number of nitrogens with two attached hydrogens (primary N) is 1. The lowest BCUT2D eigenvalue weighted by Gasteiger charge is -2.04. The first-order valence-electron chi connectivity index (χ1n) is 5.91. The molecular weight excluding hydrogens is 246 g/mol. The molecule has 1 aromatic carbocycles. The molecule has 0 spiro atoms. The molecule has 0 unspecified atom stereocenters. The maximum absolute atomic E-state index is 11.7. The van der Waals surface area contributed by atoms with E-state index >= 15 is 0 Å². The number of rotatable bonds is 5. The number of aromatic amines is 1. The molecule has 1 heterocycles. The quantitative estimate of drug-likeness (QED) is 0.698. The maximum atomic E-state index is 11.7. The molecule has 0 saturated heterocycles. The lowest BCUT2D eigenvalue weighted by Crippen LogP contribution is -2.30. The number of para-hydroxylation sites is 1. The van der Waals surface area contributed by atoms with Crippen molar-refractivity contribution in [1.82, 2.24) is 10.3 Å². The SMILES string of the molecule is NC(=O)OCCNC(=O)Cc1c[nH]c2ccccc12. The third-order valence-corrected chi connectivity index (χ3v) is 2.69. The minimum absolute atomic E-state index is 0.0783. The van der Waals surface area contributed by atoms with Crippen LogP contribution in [0, 0.1) is 0 Å². The van der Waals surface area contributed by atoms with E-state index in [2.05, 4.69) is 15.0 Å². The van der Waals surface area contributed by atoms with Crippen molar-refractivity contribution < 1.29 is 14.3 Å². The summed E-state index contributed by atoms with van der Waals surface area (Å²) in [5.41, 5.74) is 6.74. The van der Waals surface area contributed by atoms with Crippen LogP contribution in [0.3, 0.4) is 0 Å². The first-order chi connectivity index (χ1) is 9.16. The van der Waals surface area contributed by atoms with Gasteiger partial charge in [0, 0.05) is 17.1 Å². The van der Waals surface area contributed by atoms with Crippen molar-refractivity contribution in [2.45, 2.75) is 6.42 Å². The number of fused-ring (bicyclic) bond motifs is 1. The highest BCUT2D eigenvalue weighted by molar-refractivity contribution is 5.88. The predicted octanol–water partition coefficient (Wildman–Crippen LogP) is 0.922. The van der Waals surface area contributed by atoms with Gasteiger partial charge in [-0.05, 0) is 11.6 Å². The van der Waals surface area contributed by atoms with Crippen LogP contribution in [0.4, 0.5) is 4.79 Å². The Morgan fingerprint density at radius 1 is 1.32 bits per heavy atom. The molecular formula is C13H15N3O3. The molecule has 19 heavy (non-hydrogen) atoms. The maximum Gasteiger partial charge on any atom is 0.404 e. The summed E-state index contributed by atoms with van der Waals surface area (Å²) < 4.78 is 4.52. The van der Waals surface area contributed by atoms with Gasteiger partial charge in [-0.1, -0.05) is 18.2 Å². The van der Waals surface area contributed by atoms with Gasteiger partial charge in [0.2, 0.25) is 5.91 Å². The Bertz CT molecular complexity index is 592. The first-order valence-corrected chi connectivity index (χ1v) is 5.91. The molecule has 0 aliphatic heterocycles. The Labute approximate surface area is 109 Å². The highest BCUT2D eigenvalue weighted by Crippen LogP contribution is 2.17. The normalized spacial score (nSPS) is 10.3. The van der Waals surface area contributed by atoms with Crippen LogP contribution in [-0.4, -0.2) is 30.1 Å². The van der Waals surface area contributed by atoms with E-state index in [4.69, 9.17) is 5.73 Å². The fourth-order valence-electron chi connectivity index (χ4n) is 1.86. The number of aromatic nitrogens is 1. The van der Waals surface area contributed by atoms with Gasteiger partial charge in [0.15, 0.2) is 0 Å². The zero-order valence-electron chi connectivity index (χ0n) is 10.3. The second-order valence-electron chi connectivity index (χ2n) is 4.05. The van der Waals surface area contributed by atoms with E-state index in [1.165, 1.54) is 0 Å². The molecule has 100 valence electrons. The minimum atomic E-state index is -0.842. The average molecular weight is 261 g/mol. The van der Waals surface area contributed by atoms with Crippen molar-refractivity contribution in [3.05, 3.63) is 36.0 Å². The molecule has 4 N–H and O–H groups in total. The first kappa shape index (κ1) is 12.9. The van der Waals surface area contributed by atoms with Crippen molar-refractivity contribution in [2.24, 2.45) is 5.73 Å². The van der Waals surface area contributed by atoms with Gasteiger partial charge in [-0.25, -0.2) is 4.79 Å². The lowest BCUT2D eigenvalue weighted by atomic mass is 10.1. The summed E-state index contributed by atoms with van der Waals surface area (Å²) in [4.78, 5) is 25.1. The second-order valence-corrected chi connectivity index (χ2v) is 4.05. The Hall–Kier alpha value is -2.50. The van der Waals surface area contributed by atoms with Crippen molar-refractivity contribution >= 4 is 22.9 Å². The number of ether oxygens (including phenoxy) is 1. The summed E-state index contributed by atoms with van der Waals surface area (Å²) in [6.45, 7) is 0.332. The largest absolute Gasteiger partial charge is 0.448 e. The van der Waals surface area contributed by atoms with E-state index in [9.17, 15) is 9.59 Å². The average Bonchev–Trinajstić information content (AvgIpc) is 2.78. The zero-order valence-corrected chi connectivity index (χ0v) is 10.3. The summed E-state index contributed by atoms with van der Waals surface area (Å²) in [6.07, 6.45) is 1.26. The van der Waals surface area contributed by atoms with E-state index in [-0.39, 0.29) is 25.5 Å². The highest BCUT2D eigenvalue weighted by Gasteiger charge is 2.08. The fourth-order valence-corrected chi connectivity index (χ4v) is 1.86. The van der Waals surface area contributed by atoms with Gasteiger partial charge in [-0.3, -0.25) is 4.79 Å². The zero-order chi connectivity index (χ0) is 13.7. The van der Waals surface area contributed by atoms with Crippen LogP contribution < -0.4 is 11.1 Å². The molecule has 0 atom stereocenters. The van der Waals surface area contributed by atoms with Crippen molar-refractivity contribution in [2.75, 3.05) is 13.2 Å². The number of primary amides is 1. The molecule has 6 heteroatoms. The van der Waals surface area contributed by atoms with Crippen LogP contribution >= 0.6 is 0 Å². The van der Waals surface area contributed by atoms with Gasteiger partial charge in [0.1, 0.15) is 6.61 Å². The molecule has 1 aromatic heterocycles. The van der Waals surface area contributed by atoms with Crippen molar-refractivity contribution in [3.63, 3.8) is 0 Å². The van der Waals surface area contributed by atoms with E-state index in [0.29, 0.717) is 0 Å². The van der Waals surface area contributed by atoms with Gasteiger partial charge >= 0.3 is 6.09 Å². The number of carbonyl (C=O) groups is 2. The number of benzene rings is 1. The molecule has 2 amide bonds. The number of nitrogens with one attached hydrogen (secondary N) is 2. The standard InChI is InChI=1S/C13H15N3O3/c14-13(18)19-6-5-15-12(17)7-9-8-16-11-4-2-1-3-10(9)11/h1-4,8,16H,5-7H2,(H2,14,18)(H,15,17). The topological polar surface area (TPSA) is 97.2 Å². The van der Waals surface area contributed by atoms with Gasteiger partial charge in [0.25, 0.3) is 0 Å². The smallest absolute Gasteiger partial charge is 0.404 e. The van der Waals surface area contributed by atoms with Crippen molar-refractivity contribution in [1.29, 1.82) is 0 Å². The third-order valence-electron chi connectivity index (χ3n) is 2.69. The molecule has 0 saturated carbocycles. The Morgan fingerprint density at radius 3 is 2.89 bits per heavy atom. The van der Waals surface area contributed by atoms with Crippen LogP contribution in [0.2, 0.25) is 0 Å². The molecule has 2 rings (SSSR count). The molecule has 0 aliphatic rings. The predicted molar refractivity (Wildman–Crippen MR) is 70.5 cm³/mol. The van der Waals surface area contributed by atoms with Crippen LogP contribution in [0.15, 0.2) is 30.5 Å². The molecule has 0 aliphatic carbocycles. The highest BCUT2D eigenvalue weighted by atomic mass is 16.5. The second kappa shape index (κ2) is 5.90. The van der Waals surface area contributed by atoms with Crippen molar-refractivity contribution in [3.8, 4) is 0 Å². The minimum Gasteiger partial charge on any atom is -0.448 e. The summed E-state index contributed by atoms with van der Waals surface area (Å²) in [7, 11) is 0. The summed E-state index contributed by atoms with van der Waals surface area (Å²) in [5.74, 6) is -0.127. The number of hydrogen-bond donors (Lipinski definition) is 3. The van der Waals surface area contributed by atoms with E-state index in [1.807, 2.05) is 30.5 Å². The molecule has 2 aromatic rings. The number of hydrogen-bond acceptors (Lipinski definition) is 3. The Balaban J connectivity index is 1.87. The molecule has 0 fully saturated rings. The molecule has 6 nitrogen and oxygen atoms in total. The van der Waals surface area contributed by atoms with Crippen LogP contribution in [0.5, 0.6) is 0 Å². The Morgan fingerprint density at radius 2 is 2.11 bits per heavy atom. The van der Waals surface area contributed by atoms with E-state index in [0.717, 1.165) is 16.5 Å². The summed E-state index contributed by atoms with van der Waals surface area (Å²) in [6, 6.07) is 7.78. The van der Waals surface area contributed by atoms with Crippen LogP contribution in [0.1, 0.15) is 5.56 Å². The molecule has 0 bridgehead atoms. The van der Waals surface area contributed by atoms with Crippen LogP contribution in [0.25, 0.3) is 10.9 Å². The van der Waals surface area contributed by atoms with Gasteiger partial charge in [0.05, 0.1) is 13.0 Å². The third kappa shape index (κ3) is 3.48. The lowest BCUT2D eigenvalue weighted by molar-refractivity contribution is -0.120. The number of carbonyl (C=O) groups excluding carboxylic acids is 2.